The quantitative estimate of drug-likeness (QED) is 0.451. The smallest absolute Gasteiger partial charge is 0.141 e. The minimum absolute atomic E-state index is 0.252. The number of nitrogens with one attached hydrogen (secondary N) is 1. The maximum absolute atomic E-state index is 15.3. The molecule has 142 valence electrons. The number of dihydropyridines is 1. The van der Waals surface area contributed by atoms with Crippen LogP contribution < -0.4 is 0 Å². The molecule has 0 radical (unpaired) electrons. The standard InChI is InChI=1S/C25H20FN3/c1-16-6-8-18(9-7-16)23-24(19-12-14-27-15-13-19)29-25(28-23)21-11-10-17-4-2-3-5-20(17)22(21)26/h2-12,14H,13,15H2,1H3,(H,28,29). The van der Waals surface area contributed by atoms with Gasteiger partial charge in [-0.15, -0.1) is 0 Å². The number of rotatable bonds is 3. The second-order valence-electron chi connectivity index (χ2n) is 7.32. The fourth-order valence-electron chi connectivity index (χ4n) is 3.76. The lowest BCUT2D eigenvalue weighted by atomic mass is 10.0. The number of aliphatic imine (C=N–C) groups is 1. The summed E-state index contributed by atoms with van der Waals surface area (Å²) in [6, 6.07) is 19.5. The SMILES string of the molecule is Cc1ccc(-c2[nH]c(-c3ccc4ccccc4c3F)nc2C2=CC=NCC2)cc1. The van der Waals surface area contributed by atoms with Crippen molar-refractivity contribution in [3.8, 4) is 22.6 Å². The molecule has 5 rings (SSSR count). The van der Waals surface area contributed by atoms with E-state index in [0.717, 1.165) is 40.9 Å². The number of fused-ring (bicyclic) bond motifs is 1. The molecule has 0 spiro atoms. The van der Waals surface area contributed by atoms with Gasteiger partial charge in [-0.2, -0.15) is 0 Å². The zero-order valence-electron chi connectivity index (χ0n) is 16.1. The van der Waals surface area contributed by atoms with Gasteiger partial charge in [0.05, 0.1) is 17.0 Å². The molecule has 0 amide bonds. The van der Waals surface area contributed by atoms with E-state index >= 15 is 4.39 Å². The predicted octanol–water partition coefficient (Wildman–Crippen LogP) is 6.20. The van der Waals surface area contributed by atoms with E-state index in [1.807, 2.05) is 36.6 Å². The van der Waals surface area contributed by atoms with Crippen LogP contribution in [0.4, 0.5) is 4.39 Å². The fraction of sp³-hybridized carbons (Fsp3) is 0.120. The number of aromatic amines is 1. The summed E-state index contributed by atoms with van der Waals surface area (Å²) in [5.74, 6) is 0.292. The molecular formula is C25H20FN3. The van der Waals surface area contributed by atoms with Crippen LogP contribution in [-0.4, -0.2) is 22.7 Å². The highest BCUT2D eigenvalue weighted by atomic mass is 19.1. The average Bonchev–Trinajstić information content (AvgIpc) is 3.20. The Labute approximate surface area is 168 Å². The molecule has 29 heavy (non-hydrogen) atoms. The van der Waals surface area contributed by atoms with E-state index in [4.69, 9.17) is 4.98 Å². The second kappa shape index (κ2) is 7.13. The molecule has 0 bridgehead atoms. The molecule has 1 N–H and O–H groups in total. The minimum atomic E-state index is -0.252. The topological polar surface area (TPSA) is 41.0 Å². The normalized spacial score (nSPS) is 13.7. The second-order valence-corrected chi connectivity index (χ2v) is 7.32. The summed E-state index contributed by atoms with van der Waals surface area (Å²) in [5, 5.41) is 1.48. The lowest BCUT2D eigenvalue weighted by Gasteiger charge is -2.09. The Morgan fingerprint density at radius 1 is 0.966 bits per heavy atom. The number of hydrogen-bond donors (Lipinski definition) is 1. The summed E-state index contributed by atoms with van der Waals surface area (Å²) in [6.45, 7) is 2.80. The highest BCUT2D eigenvalue weighted by Gasteiger charge is 2.20. The lowest BCUT2D eigenvalue weighted by Crippen LogP contribution is -1.97. The van der Waals surface area contributed by atoms with Crippen molar-refractivity contribution >= 4 is 22.6 Å². The average molecular weight is 381 g/mol. The van der Waals surface area contributed by atoms with E-state index < -0.39 is 0 Å². The van der Waals surface area contributed by atoms with Crippen molar-refractivity contribution in [3.63, 3.8) is 0 Å². The van der Waals surface area contributed by atoms with Crippen molar-refractivity contribution in [2.45, 2.75) is 13.3 Å². The first-order chi connectivity index (χ1) is 14.2. The van der Waals surface area contributed by atoms with E-state index in [9.17, 15) is 0 Å². The van der Waals surface area contributed by atoms with E-state index in [1.54, 1.807) is 12.1 Å². The predicted molar refractivity (Wildman–Crippen MR) is 118 cm³/mol. The molecule has 4 heteroatoms. The molecule has 0 atom stereocenters. The molecule has 0 saturated heterocycles. The third-order valence-electron chi connectivity index (χ3n) is 5.36. The van der Waals surface area contributed by atoms with Crippen LogP contribution in [0.5, 0.6) is 0 Å². The van der Waals surface area contributed by atoms with Crippen molar-refractivity contribution in [1.82, 2.24) is 9.97 Å². The van der Waals surface area contributed by atoms with Gasteiger partial charge >= 0.3 is 0 Å². The van der Waals surface area contributed by atoms with Crippen LogP contribution in [0.1, 0.15) is 17.7 Å². The maximum atomic E-state index is 15.3. The van der Waals surface area contributed by atoms with Gasteiger partial charge in [-0.1, -0.05) is 60.2 Å². The van der Waals surface area contributed by atoms with Gasteiger partial charge in [-0.3, -0.25) is 4.99 Å². The Kier molecular flexibility index (Phi) is 4.32. The number of allylic oxidation sites excluding steroid dienone is 1. The first-order valence-electron chi connectivity index (χ1n) is 9.75. The summed E-state index contributed by atoms with van der Waals surface area (Å²) in [7, 11) is 0. The molecule has 3 aromatic carbocycles. The molecule has 0 unspecified atom stereocenters. The van der Waals surface area contributed by atoms with Crippen LogP contribution >= 0.6 is 0 Å². The third-order valence-corrected chi connectivity index (χ3v) is 5.36. The molecule has 1 aliphatic rings. The highest BCUT2D eigenvalue weighted by Crippen LogP contribution is 2.34. The molecular weight excluding hydrogens is 361 g/mol. The van der Waals surface area contributed by atoms with Gasteiger partial charge in [0.15, 0.2) is 0 Å². The summed E-state index contributed by atoms with van der Waals surface area (Å²) in [5.41, 5.74) is 5.60. The lowest BCUT2D eigenvalue weighted by molar-refractivity contribution is 0.642. The van der Waals surface area contributed by atoms with Crippen molar-refractivity contribution < 1.29 is 4.39 Å². The van der Waals surface area contributed by atoms with Crippen LogP contribution in [0.2, 0.25) is 0 Å². The summed E-state index contributed by atoms with van der Waals surface area (Å²) in [4.78, 5) is 12.5. The van der Waals surface area contributed by atoms with Gasteiger partial charge in [-0.25, -0.2) is 9.37 Å². The van der Waals surface area contributed by atoms with Gasteiger partial charge in [0.25, 0.3) is 0 Å². The Bertz CT molecular complexity index is 1260. The van der Waals surface area contributed by atoms with Gasteiger partial charge in [0.1, 0.15) is 11.6 Å². The molecule has 1 aliphatic heterocycles. The van der Waals surface area contributed by atoms with Crippen molar-refractivity contribution in [3.05, 3.63) is 83.8 Å². The molecule has 3 nitrogen and oxygen atoms in total. The number of aromatic nitrogens is 2. The van der Waals surface area contributed by atoms with Crippen LogP contribution in [0, 0.1) is 12.7 Å². The van der Waals surface area contributed by atoms with Gasteiger partial charge in [0, 0.05) is 23.7 Å². The number of imidazole rings is 1. The highest BCUT2D eigenvalue weighted by molar-refractivity contribution is 5.91. The largest absolute Gasteiger partial charge is 0.337 e. The molecule has 2 heterocycles. The maximum Gasteiger partial charge on any atom is 0.141 e. The Morgan fingerprint density at radius 2 is 1.79 bits per heavy atom. The van der Waals surface area contributed by atoms with E-state index in [0.29, 0.717) is 16.8 Å². The molecule has 4 aromatic rings. The number of hydrogen-bond acceptors (Lipinski definition) is 2. The number of benzene rings is 3. The zero-order chi connectivity index (χ0) is 19.8. The summed E-state index contributed by atoms with van der Waals surface area (Å²) < 4.78 is 15.3. The number of aryl methyl sites for hydroxylation is 1. The van der Waals surface area contributed by atoms with Gasteiger partial charge < -0.3 is 4.98 Å². The Morgan fingerprint density at radius 3 is 2.59 bits per heavy atom. The fourth-order valence-corrected chi connectivity index (χ4v) is 3.76. The zero-order valence-corrected chi connectivity index (χ0v) is 16.1. The van der Waals surface area contributed by atoms with E-state index in [2.05, 4.69) is 41.2 Å². The van der Waals surface area contributed by atoms with Crippen molar-refractivity contribution in [1.29, 1.82) is 0 Å². The van der Waals surface area contributed by atoms with Gasteiger partial charge in [0.2, 0.25) is 0 Å². The number of nitrogens with zero attached hydrogens (tertiary/aromatic N) is 2. The van der Waals surface area contributed by atoms with Crippen molar-refractivity contribution in [2.24, 2.45) is 4.99 Å². The van der Waals surface area contributed by atoms with Crippen LogP contribution in [-0.2, 0) is 0 Å². The van der Waals surface area contributed by atoms with Crippen LogP contribution in [0.15, 0.2) is 71.7 Å². The molecule has 0 saturated carbocycles. The Hall–Kier alpha value is -3.53. The molecule has 0 fully saturated rings. The van der Waals surface area contributed by atoms with Crippen LogP contribution in [0.3, 0.4) is 0 Å². The van der Waals surface area contributed by atoms with Crippen LogP contribution in [0.25, 0.3) is 39.0 Å². The van der Waals surface area contributed by atoms with Gasteiger partial charge in [-0.05, 0) is 36.4 Å². The molecule has 1 aromatic heterocycles. The summed E-state index contributed by atoms with van der Waals surface area (Å²) >= 11 is 0. The first-order valence-corrected chi connectivity index (χ1v) is 9.75. The Balaban J connectivity index is 1.71. The van der Waals surface area contributed by atoms with E-state index in [1.165, 1.54) is 5.56 Å². The first kappa shape index (κ1) is 17.6. The number of H-pyrrole nitrogens is 1. The molecule has 0 aliphatic carbocycles. The van der Waals surface area contributed by atoms with Crippen molar-refractivity contribution in [2.75, 3.05) is 6.54 Å². The minimum Gasteiger partial charge on any atom is -0.337 e. The number of halogens is 1. The monoisotopic (exact) mass is 381 g/mol. The third kappa shape index (κ3) is 3.17. The van der Waals surface area contributed by atoms with E-state index in [-0.39, 0.29) is 5.82 Å². The summed E-state index contributed by atoms with van der Waals surface area (Å²) in [6.07, 6.45) is 4.64.